The molecule has 3 nitrogen and oxygen atoms in total. The second-order valence-corrected chi connectivity index (χ2v) is 1.80. The van der Waals surface area contributed by atoms with E-state index in [-0.39, 0.29) is 18.9 Å². The average Bonchev–Trinajstić information content (AvgIpc) is 1.85. The lowest BCUT2D eigenvalue weighted by molar-refractivity contribution is -0.122. The van der Waals surface area contributed by atoms with Crippen molar-refractivity contribution in [3.63, 3.8) is 0 Å². The van der Waals surface area contributed by atoms with Gasteiger partial charge in [0.2, 0.25) is 5.91 Å². The molecular weight excluding hydrogens is 118 g/mol. The van der Waals surface area contributed by atoms with E-state index < -0.39 is 0 Å². The summed E-state index contributed by atoms with van der Waals surface area (Å²) in [5, 5.41) is 12.4. The first-order valence-electron chi connectivity index (χ1n) is 3.16. The fourth-order valence-corrected chi connectivity index (χ4v) is 0.446. The van der Waals surface area contributed by atoms with Gasteiger partial charge in [-0.05, 0) is 6.42 Å². The van der Waals surface area contributed by atoms with E-state index in [4.69, 9.17) is 0 Å². The van der Waals surface area contributed by atoms with Crippen molar-refractivity contribution in [3.05, 3.63) is 0 Å². The summed E-state index contributed by atoms with van der Waals surface area (Å²) >= 11 is 0. The van der Waals surface area contributed by atoms with Crippen molar-refractivity contribution in [2.24, 2.45) is 0 Å². The van der Waals surface area contributed by atoms with E-state index >= 15 is 0 Å². The van der Waals surface area contributed by atoms with Crippen LogP contribution in [0.4, 0.5) is 0 Å². The van der Waals surface area contributed by atoms with Crippen molar-refractivity contribution in [1.82, 2.24) is 5.32 Å². The third kappa shape index (κ3) is 5.30. The molecule has 0 fully saturated rings. The zero-order chi connectivity index (χ0) is 7.11. The van der Waals surface area contributed by atoms with Crippen LogP contribution in [0, 0.1) is 0 Å². The normalized spacial score (nSPS) is 9.11. The van der Waals surface area contributed by atoms with Gasteiger partial charge < -0.3 is 5.32 Å². The Bertz CT molecular complexity index is 83.1. The Hall–Kier alpha value is -0.570. The average molecular weight is 130 g/mol. The van der Waals surface area contributed by atoms with Gasteiger partial charge in [0.25, 0.3) is 0 Å². The van der Waals surface area contributed by atoms with Gasteiger partial charge in [-0.1, -0.05) is 6.92 Å². The number of hydrogen-bond donors (Lipinski definition) is 1. The molecule has 1 N–H and O–H groups in total. The van der Waals surface area contributed by atoms with E-state index in [0.29, 0.717) is 6.54 Å². The molecule has 3 heteroatoms. The Labute approximate surface area is 55.1 Å². The molecular formula is C6H12NO2. The summed E-state index contributed by atoms with van der Waals surface area (Å²) in [5.74, 6) is -0.133. The van der Waals surface area contributed by atoms with Gasteiger partial charge in [-0.25, -0.2) is 5.11 Å². The summed E-state index contributed by atoms with van der Waals surface area (Å²) in [5.41, 5.74) is 0. The fraction of sp³-hybridized carbons (Fsp3) is 0.833. The predicted octanol–water partition coefficient (Wildman–Crippen LogP) is 0.333. The van der Waals surface area contributed by atoms with Crippen molar-refractivity contribution in [3.8, 4) is 0 Å². The van der Waals surface area contributed by atoms with Crippen LogP contribution in [0.15, 0.2) is 0 Å². The molecule has 0 saturated heterocycles. The summed E-state index contributed by atoms with van der Waals surface area (Å²) in [4.78, 5) is 10.5. The molecule has 1 amide bonds. The third-order valence-electron chi connectivity index (χ3n) is 0.901. The van der Waals surface area contributed by atoms with Crippen LogP contribution in [-0.2, 0) is 9.90 Å². The molecule has 0 aromatic heterocycles. The zero-order valence-corrected chi connectivity index (χ0v) is 5.64. The molecule has 0 unspecified atom stereocenters. The monoisotopic (exact) mass is 130 g/mol. The SMILES string of the molecule is CCCNC(=O)CC[O]. The Kier molecular flexibility index (Phi) is 5.21. The van der Waals surface area contributed by atoms with Crippen molar-refractivity contribution in [1.29, 1.82) is 0 Å². The highest BCUT2D eigenvalue weighted by Gasteiger charge is 1.95. The van der Waals surface area contributed by atoms with Crippen LogP contribution in [0.25, 0.3) is 0 Å². The molecule has 1 radical (unpaired) electrons. The molecule has 0 spiro atoms. The Morgan fingerprint density at radius 3 is 2.67 bits per heavy atom. The molecule has 0 aliphatic rings. The van der Waals surface area contributed by atoms with Crippen LogP contribution in [-0.4, -0.2) is 19.1 Å². The number of carbonyl (C=O) groups is 1. The maximum Gasteiger partial charge on any atom is 0.222 e. The quantitative estimate of drug-likeness (QED) is 0.585. The van der Waals surface area contributed by atoms with E-state index in [0.717, 1.165) is 6.42 Å². The van der Waals surface area contributed by atoms with Crippen LogP contribution in [0.2, 0.25) is 0 Å². The molecule has 53 valence electrons. The van der Waals surface area contributed by atoms with Crippen LogP contribution >= 0.6 is 0 Å². The molecule has 0 saturated carbocycles. The summed E-state index contributed by atoms with van der Waals surface area (Å²) in [7, 11) is 0. The maximum absolute atomic E-state index is 10.5. The van der Waals surface area contributed by atoms with Crippen molar-refractivity contribution >= 4 is 5.91 Å². The second kappa shape index (κ2) is 5.56. The van der Waals surface area contributed by atoms with E-state index in [9.17, 15) is 9.90 Å². The van der Waals surface area contributed by atoms with Crippen molar-refractivity contribution in [2.75, 3.05) is 13.2 Å². The van der Waals surface area contributed by atoms with Gasteiger partial charge >= 0.3 is 0 Å². The van der Waals surface area contributed by atoms with Crippen LogP contribution in [0.5, 0.6) is 0 Å². The summed E-state index contributed by atoms with van der Waals surface area (Å²) in [6.07, 6.45) is 1.03. The first-order valence-corrected chi connectivity index (χ1v) is 3.16. The molecule has 9 heavy (non-hydrogen) atoms. The largest absolute Gasteiger partial charge is 0.356 e. The number of hydrogen-bond acceptors (Lipinski definition) is 1. The lowest BCUT2D eigenvalue weighted by Crippen LogP contribution is -2.24. The van der Waals surface area contributed by atoms with Gasteiger partial charge in [0.05, 0.1) is 13.0 Å². The molecule has 0 aromatic rings. The van der Waals surface area contributed by atoms with Crippen LogP contribution < -0.4 is 5.32 Å². The Balaban J connectivity index is 3.06. The fourth-order valence-electron chi connectivity index (χ4n) is 0.446. The van der Waals surface area contributed by atoms with E-state index in [2.05, 4.69) is 5.32 Å². The maximum atomic E-state index is 10.5. The van der Waals surface area contributed by atoms with E-state index in [1.165, 1.54) is 0 Å². The molecule has 0 bridgehead atoms. The van der Waals surface area contributed by atoms with E-state index in [1.54, 1.807) is 0 Å². The highest BCUT2D eigenvalue weighted by atomic mass is 16.3. The minimum absolute atomic E-state index is 0.111. The molecule has 0 aliphatic heterocycles. The molecule has 0 atom stereocenters. The molecule has 0 aliphatic carbocycles. The lowest BCUT2D eigenvalue weighted by atomic mass is 10.4. The first kappa shape index (κ1) is 8.43. The Morgan fingerprint density at radius 1 is 1.56 bits per heavy atom. The number of nitrogens with one attached hydrogen (secondary N) is 1. The molecule has 0 heterocycles. The van der Waals surface area contributed by atoms with Gasteiger partial charge in [-0.3, -0.25) is 4.79 Å². The number of carbonyl (C=O) groups excluding carboxylic acids is 1. The minimum atomic E-state index is -0.310. The van der Waals surface area contributed by atoms with Crippen molar-refractivity contribution in [2.45, 2.75) is 19.8 Å². The molecule has 0 rings (SSSR count). The number of rotatable bonds is 4. The third-order valence-corrected chi connectivity index (χ3v) is 0.901. The number of amides is 1. The highest BCUT2D eigenvalue weighted by molar-refractivity contribution is 5.75. The zero-order valence-electron chi connectivity index (χ0n) is 5.64. The van der Waals surface area contributed by atoms with Crippen LogP contribution in [0.1, 0.15) is 19.8 Å². The topological polar surface area (TPSA) is 49.0 Å². The minimum Gasteiger partial charge on any atom is -0.356 e. The van der Waals surface area contributed by atoms with Gasteiger partial charge in [0.15, 0.2) is 0 Å². The summed E-state index contributed by atoms with van der Waals surface area (Å²) < 4.78 is 0. The summed E-state index contributed by atoms with van der Waals surface area (Å²) in [6, 6.07) is 0. The van der Waals surface area contributed by atoms with E-state index in [1.807, 2.05) is 6.92 Å². The van der Waals surface area contributed by atoms with Gasteiger partial charge in [-0.15, -0.1) is 0 Å². The van der Waals surface area contributed by atoms with Gasteiger partial charge in [0, 0.05) is 6.54 Å². The second-order valence-electron chi connectivity index (χ2n) is 1.80. The highest BCUT2D eigenvalue weighted by Crippen LogP contribution is 1.77. The van der Waals surface area contributed by atoms with Gasteiger partial charge in [-0.2, -0.15) is 0 Å². The lowest BCUT2D eigenvalue weighted by Gasteiger charge is -1.98. The van der Waals surface area contributed by atoms with Gasteiger partial charge in [0.1, 0.15) is 0 Å². The summed E-state index contributed by atoms with van der Waals surface area (Å²) in [6.45, 7) is 2.34. The Morgan fingerprint density at radius 2 is 2.22 bits per heavy atom. The molecule has 0 aromatic carbocycles. The standard InChI is InChI=1S/C6H12NO2/c1-2-4-7-6(9)3-5-8/h2-5H2,1H3,(H,7,9). The smallest absolute Gasteiger partial charge is 0.222 e. The predicted molar refractivity (Wildman–Crippen MR) is 33.5 cm³/mol. The first-order chi connectivity index (χ1) is 4.31. The van der Waals surface area contributed by atoms with Crippen molar-refractivity contribution < 1.29 is 9.90 Å². The van der Waals surface area contributed by atoms with Crippen LogP contribution in [0.3, 0.4) is 0 Å².